The molecular formula is C13H21NO2S. The van der Waals surface area contributed by atoms with Gasteiger partial charge in [-0.2, -0.15) is 0 Å². The monoisotopic (exact) mass is 255 g/mol. The van der Waals surface area contributed by atoms with E-state index in [9.17, 15) is 4.79 Å². The number of thiophene rings is 1. The smallest absolute Gasteiger partial charge is 0.345 e. The summed E-state index contributed by atoms with van der Waals surface area (Å²) in [5.41, 5.74) is 0.300. The molecule has 2 N–H and O–H groups in total. The minimum atomic E-state index is -0.843. The third kappa shape index (κ3) is 4.48. The first-order valence-electron chi connectivity index (χ1n) is 5.83. The number of hydrogen-bond donors (Lipinski definition) is 2. The van der Waals surface area contributed by atoms with Crippen LogP contribution >= 0.6 is 11.3 Å². The molecule has 96 valence electrons. The second-order valence-corrected chi connectivity index (χ2v) is 6.64. The van der Waals surface area contributed by atoms with Crippen molar-refractivity contribution in [2.75, 3.05) is 6.54 Å². The highest BCUT2D eigenvalue weighted by Crippen LogP contribution is 2.24. The van der Waals surface area contributed by atoms with E-state index < -0.39 is 5.97 Å². The molecule has 0 aliphatic carbocycles. The van der Waals surface area contributed by atoms with Crippen molar-refractivity contribution in [2.45, 2.75) is 34.2 Å². The van der Waals surface area contributed by atoms with Crippen LogP contribution in [0.15, 0.2) is 12.1 Å². The maximum atomic E-state index is 10.7. The van der Waals surface area contributed by atoms with Crippen molar-refractivity contribution in [3.63, 3.8) is 0 Å². The maximum absolute atomic E-state index is 10.7. The lowest BCUT2D eigenvalue weighted by molar-refractivity contribution is 0.0702. The quantitative estimate of drug-likeness (QED) is 0.849. The summed E-state index contributed by atoms with van der Waals surface area (Å²) in [6.07, 6.45) is 0. The fourth-order valence-electron chi connectivity index (χ4n) is 1.31. The Labute approximate surface area is 107 Å². The molecule has 3 nitrogen and oxygen atoms in total. The van der Waals surface area contributed by atoms with Crippen molar-refractivity contribution < 1.29 is 9.90 Å². The molecule has 1 rings (SSSR count). The fourth-order valence-corrected chi connectivity index (χ4v) is 2.12. The molecule has 0 spiro atoms. The van der Waals surface area contributed by atoms with E-state index in [2.05, 4.69) is 33.0 Å². The van der Waals surface area contributed by atoms with E-state index in [4.69, 9.17) is 5.11 Å². The van der Waals surface area contributed by atoms with Gasteiger partial charge in [-0.3, -0.25) is 0 Å². The zero-order chi connectivity index (χ0) is 13.1. The van der Waals surface area contributed by atoms with Crippen LogP contribution in [0.1, 0.15) is 42.2 Å². The van der Waals surface area contributed by atoms with Crippen LogP contribution < -0.4 is 5.32 Å². The number of rotatable bonds is 5. The lowest BCUT2D eigenvalue weighted by atomic mass is 9.82. The van der Waals surface area contributed by atoms with Crippen molar-refractivity contribution in [1.82, 2.24) is 5.32 Å². The number of aromatic carboxylic acids is 1. The van der Waals surface area contributed by atoms with Crippen LogP contribution in [0.25, 0.3) is 0 Å². The second kappa shape index (κ2) is 5.65. The summed E-state index contributed by atoms with van der Waals surface area (Å²) in [5.74, 6) is -0.259. The van der Waals surface area contributed by atoms with E-state index in [1.807, 2.05) is 6.07 Å². The molecule has 0 fully saturated rings. The second-order valence-electron chi connectivity index (χ2n) is 5.47. The molecule has 0 bridgehead atoms. The molecule has 0 saturated heterocycles. The van der Waals surface area contributed by atoms with Crippen molar-refractivity contribution in [3.8, 4) is 0 Å². The van der Waals surface area contributed by atoms with Crippen molar-refractivity contribution in [1.29, 1.82) is 0 Å². The van der Waals surface area contributed by atoms with Crippen molar-refractivity contribution >= 4 is 17.3 Å². The number of nitrogens with one attached hydrogen (secondary N) is 1. The number of carboxylic acids is 1. The van der Waals surface area contributed by atoms with Gasteiger partial charge in [0.25, 0.3) is 0 Å². The maximum Gasteiger partial charge on any atom is 0.345 e. The van der Waals surface area contributed by atoms with Gasteiger partial charge in [0.05, 0.1) is 0 Å². The first kappa shape index (κ1) is 14.2. The van der Waals surface area contributed by atoms with Gasteiger partial charge < -0.3 is 10.4 Å². The first-order chi connectivity index (χ1) is 7.80. The van der Waals surface area contributed by atoms with Crippen molar-refractivity contribution in [3.05, 3.63) is 21.9 Å². The largest absolute Gasteiger partial charge is 0.477 e. The van der Waals surface area contributed by atoms with Crippen LogP contribution in [-0.2, 0) is 6.54 Å². The van der Waals surface area contributed by atoms with Gasteiger partial charge in [-0.1, -0.05) is 27.7 Å². The number of carbonyl (C=O) groups is 1. The summed E-state index contributed by atoms with van der Waals surface area (Å²) in [6, 6.07) is 3.54. The number of carboxylic acid groups (broad SMARTS) is 1. The molecule has 17 heavy (non-hydrogen) atoms. The average molecular weight is 255 g/mol. The Morgan fingerprint density at radius 2 is 2.12 bits per heavy atom. The first-order valence-corrected chi connectivity index (χ1v) is 6.65. The molecule has 1 aromatic heterocycles. The summed E-state index contributed by atoms with van der Waals surface area (Å²) in [7, 11) is 0. The van der Waals surface area contributed by atoms with E-state index in [0.29, 0.717) is 16.2 Å². The van der Waals surface area contributed by atoms with E-state index in [-0.39, 0.29) is 0 Å². The SMILES string of the molecule is CC(CNCc1ccc(C(=O)O)s1)C(C)(C)C. The average Bonchev–Trinajstić information content (AvgIpc) is 2.64. The number of hydrogen-bond acceptors (Lipinski definition) is 3. The molecule has 0 amide bonds. The van der Waals surface area contributed by atoms with Crippen LogP contribution in [0.5, 0.6) is 0 Å². The molecule has 0 aliphatic heterocycles. The molecular weight excluding hydrogens is 234 g/mol. The Kier molecular flexibility index (Phi) is 4.71. The summed E-state index contributed by atoms with van der Waals surface area (Å²) in [6.45, 7) is 10.6. The summed E-state index contributed by atoms with van der Waals surface area (Å²) < 4.78 is 0. The topological polar surface area (TPSA) is 49.3 Å². The van der Waals surface area contributed by atoms with Gasteiger partial charge in [0.2, 0.25) is 0 Å². The highest BCUT2D eigenvalue weighted by Gasteiger charge is 2.19. The molecule has 1 aromatic rings. The Bertz CT molecular complexity index is 379. The summed E-state index contributed by atoms with van der Waals surface area (Å²) in [5, 5.41) is 12.2. The molecule has 0 aliphatic rings. The van der Waals surface area contributed by atoms with E-state index in [1.165, 1.54) is 11.3 Å². The molecule has 1 atom stereocenters. The third-order valence-corrected chi connectivity index (χ3v) is 4.17. The highest BCUT2D eigenvalue weighted by atomic mass is 32.1. The van der Waals surface area contributed by atoms with Gasteiger partial charge >= 0.3 is 5.97 Å². The van der Waals surface area contributed by atoms with Crippen LogP contribution in [0, 0.1) is 11.3 Å². The Morgan fingerprint density at radius 3 is 2.59 bits per heavy atom. The Balaban J connectivity index is 2.38. The molecule has 4 heteroatoms. The molecule has 0 saturated carbocycles. The minimum absolute atomic E-state index is 0.300. The van der Waals surface area contributed by atoms with E-state index in [0.717, 1.165) is 18.0 Å². The van der Waals surface area contributed by atoms with Crippen LogP contribution in [0.3, 0.4) is 0 Å². The lowest BCUT2D eigenvalue weighted by Crippen LogP contribution is -2.29. The molecule has 1 heterocycles. The predicted octanol–water partition coefficient (Wildman–Crippen LogP) is 3.22. The van der Waals surface area contributed by atoms with Crippen molar-refractivity contribution in [2.24, 2.45) is 11.3 Å². The van der Waals surface area contributed by atoms with Crippen LogP contribution in [0.2, 0.25) is 0 Å². The third-order valence-electron chi connectivity index (χ3n) is 3.10. The molecule has 0 aromatic carbocycles. The Morgan fingerprint density at radius 1 is 1.47 bits per heavy atom. The Hall–Kier alpha value is -0.870. The zero-order valence-corrected chi connectivity index (χ0v) is 11.7. The van der Waals surface area contributed by atoms with E-state index in [1.54, 1.807) is 6.07 Å². The molecule has 0 radical (unpaired) electrons. The van der Waals surface area contributed by atoms with Crippen LogP contribution in [-0.4, -0.2) is 17.6 Å². The fraction of sp³-hybridized carbons (Fsp3) is 0.615. The zero-order valence-electron chi connectivity index (χ0n) is 10.9. The predicted molar refractivity (Wildman–Crippen MR) is 71.6 cm³/mol. The van der Waals surface area contributed by atoms with Gasteiger partial charge in [0.15, 0.2) is 0 Å². The minimum Gasteiger partial charge on any atom is -0.477 e. The lowest BCUT2D eigenvalue weighted by Gasteiger charge is -2.27. The van der Waals surface area contributed by atoms with Gasteiger partial charge in [0.1, 0.15) is 4.88 Å². The van der Waals surface area contributed by atoms with Gasteiger partial charge in [-0.05, 0) is 30.0 Å². The van der Waals surface area contributed by atoms with Gasteiger partial charge in [0, 0.05) is 11.4 Å². The van der Waals surface area contributed by atoms with Gasteiger partial charge in [-0.25, -0.2) is 4.79 Å². The van der Waals surface area contributed by atoms with E-state index >= 15 is 0 Å². The summed E-state index contributed by atoms with van der Waals surface area (Å²) >= 11 is 1.34. The normalized spacial score (nSPS) is 13.6. The summed E-state index contributed by atoms with van der Waals surface area (Å²) in [4.78, 5) is 12.2. The standard InChI is InChI=1S/C13H21NO2S/c1-9(13(2,3)4)7-14-8-10-5-6-11(17-10)12(15)16/h5-6,9,14H,7-8H2,1-4H3,(H,15,16). The highest BCUT2D eigenvalue weighted by molar-refractivity contribution is 7.13. The van der Waals surface area contributed by atoms with Crippen LogP contribution in [0.4, 0.5) is 0 Å². The molecule has 1 unspecified atom stereocenters. The van der Waals surface area contributed by atoms with Gasteiger partial charge in [-0.15, -0.1) is 11.3 Å².